The lowest BCUT2D eigenvalue weighted by molar-refractivity contribution is 0.246. The van der Waals surface area contributed by atoms with Gasteiger partial charge in [-0.3, -0.25) is 4.90 Å². The maximum atomic E-state index is 12.2. The Balaban J connectivity index is 1.45. The largest absolute Gasteiger partial charge is 0.481 e. The number of methoxy groups -OCH3 is 1. The monoisotopic (exact) mass is 577 g/mol. The topological polar surface area (TPSA) is 88.5 Å². The van der Waals surface area contributed by atoms with Gasteiger partial charge in [0.25, 0.3) is 0 Å². The van der Waals surface area contributed by atoms with Crippen LogP contribution in [-0.2, 0) is 35.1 Å². The number of ether oxygens (including phenoxy) is 1. The average molecular weight is 578 g/mol. The minimum absolute atomic E-state index is 0.143. The first-order valence-electron chi connectivity index (χ1n) is 13.8. The summed E-state index contributed by atoms with van der Waals surface area (Å²) in [5.41, 5.74) is 7.21. The van der Waals surface area contributed by atoms with Crippen LogP contribution in [0.15, 0.2) is 36.5 Å². The first kappa shape index (κ1) is 27.1. The summed E-state index contributed by atoms with van der Waals surface area (Å²) >= 11 is 1.71. The molecule has 0 N–H and O–H groups in total. The quantitative estimate of drug-likeness (QED) is 0.298. The molecule has 6 rings (SSSR count). The molecule has 5 heterocycles. The summed E-state index contributed by atoms with van der Waals surface area (Å²) in [7, 11) is -1.77. The van der Waals surface area contributed by atoms with E-state index >= 15 is 0 Å². The number of aryl methyl sites for hydroxylation is 1. The van der Waals surface area contributed by atoms with Gasteiger partial charge >= 0.3 is 0 Å². The molecule has 0 amide bonds. The van der Waals surface area contributed by atoms with Crippen molar-refractivity contribution in [2.75, 3.05) is 37.9 Å². The molecular formula is C30H35N5O3S2. The predicted octanol–water partition coefficient (Wildman–Crippen LogP) is 5.16. The van der Waals surface area contributed by atoms with Crippen LogP contribution in [0.4, 0.5) is 5.95 Å². The molecule has 0 unspecified atom stereocenters. The number of rotatable bonds is 7. The third-order valence-corrected chi connectivity index (χ3v) is 9.84. The third-order valence-electron chi connectivity index (χ3n) is 7.86. The molecule has 1 saturated heterocycles. The second-order valence-corrected chi connectivity index (χ2v) is 14.3. The number of aromatic nitrogens is 3. The zero-order valence-electron chi connectivity index (χ0n) is 23.3. The lowest BCUT2D eigenvalue weighted by atomic mass is 9.99. The summed E-state index contributed by atoms with van der Waals surface area (Å²) in [5, 5.41) is 0. The maximum absolute atomic E-state index is 12.2. The van der Waals surface area contributed by atoms with Crippen molar-refractivity contribution >= 4 is 37.3 Å². The van der Waals surface area contributed by atoms with Crippen molar-refractivity contribution in [1.29, 1.82) is 0 Å². The number of hydrogen-bond donors (Lipinski definition) is 0. The van der Waals surface area contributed by atoms with Crippen LogP contribution >= 0.6 is 11.3 Å². The molecular weight excluding hydrogens is 542 g/mol. The first-order chi connectivity index (χ1) is 19.3. The zero-order chi connectivity index (χ0) is 27.9. The number of fused-ring (bicyclic) bond motifs is 2. The Bertz CT molecular complexity index is 1660. The van der Waals surface area contributed by atoms with Gasteiger partial charge in [0.05, 0.1) is 28.8 Å². The van der Waals surface area contributed by atoms with Crippen LogP contribution in [0.2, 0.25) is 0 Å². The number of hydrogen-bond acceptors (Lipinski definition) is 9. The molecule has 2 aliphatic rings. The van der Waals surface area contributed by atoms with E-state index in [1.165, 1.54) is 41.4 Å². The van der Waals surface area contributed by atoms with Gasteiger partial charge in [0.2, 0.25) is 11.8 Å². The van der Waals surface area contributed by atoms with Gasteiger partial charge in [0.15, 0.2) is 9.84 Å². The fraction of sp³-hybridized carbons (Fsp3) is 0.433. The van der Waals surface area contributed by atoms with E-state index in [1.54, 1.807) is 17.5 Å². The van der Waals surface area contributed by atoms with E-state index in [9.17, 15) is 8.42 Å². The van der Waals surface area contributed by atoms with E-state index in [-0.39, 0.29) is 5.75 Å². The van der Waals surface area contributed by atoms with Crippen LogP contribution in [0.1, 0.15) is 46.4 Å². The molecule has 0 bridgehead atoms. The molecule has 8 nitrogen and oxygen atoms in total. The summed E-state index contributed by atoms with van der Waals surface area (Å²) in [6, 6.07) is 10.6. The van der Waals surface area contributed by atoms with Crippen LogP contribution in [0.3, 0.4) is 0 Å². The van der Waals surface area contributed by atoms with Gasteiger partial charge < -0.3 is 9.64 Å². The molecule has 4 aromatic rings. The molecule has 1 aromatic carbocycles. The number of anilines is 1. The molecule has 210 valence electrons. The van der Waals surface area contributed by atoms with Crippen molar-refractivity contribution in [3.63, 3.8) is 0 Å². The Hall–Kier alpha value is -3.08. The first-order valence-corrected chi connectivity index (χ1v) is 16.7. The van der Waals surface area contributed by atoms with Crippen molar-refractivity contribution < 1.29 is 13.2 Å². The standard InChI is InChI=1S/C30H35N5O3S2/c1-20-25(18-34-14-11-21-9-5-6-10-22(21)17-34)27-28(39-20)26(32-30(33-27)35-12-7-4-8-13-35)23-15-24(19-40(3,36)37)29(38-2)31-16-23/h5-6,9-10,15-16H,4,7-8,11-14,17-19H2,1-3H3. The lowest BCUT2D eigenvalue weighted by Crippen LogP contribution is -2.31. The van der Waals surface area contributed by atoms with Crippen molar-refractivity contribution in [1.82, 2.24) is 19.9 Å². The molecule has 40 heavy (non-hydrogen) atoms. The second kappa shape index (κ2) is 11.1. The van der Waals surface area contributed by atoms with E-state index in [0.717, 1.165) is 79.4 Å². The maximum Gasteiger partial charge on any atom is 0.226 e. The number of benzene rings is 1. The Morgan fingerprint density at radius 1 is 1.05 bits per heavy atom. The van der Waals surface area contributed by atoms with Crippen LogP contribution in [0, 0.1) is 6.92 Å². The van der Waals surface area contributed by atoms with Gasteiger partial charge in [-0.15, -0.1) is 11.3 Å². The predicted molar refractivity (Wildman–Crippen MR) is 161 cm³/mol. The Morgan fingerprint density at radius 3 is 2.58 bits per heavy atom. The van der Waals surface area contributed by atoms with Crippen molar-refractivity contribution in [2.24, 2.45) is 0 Å². The molecule has 0 saturated carbocycles. The highest BCUT2D eigenvalue weighted by molar-refractivity contribution is 7.89. The van der Waals surface area contributed by atoms with Crippen LogP contribution in [-0.4, -0.2) is 61.3 Å². The fourth-order valence-electron chi connectivity index (χ4n) is 5.85. The molecule has 0 spiro atoms. The number of nitrogens with zero attached hydrogens (tertiary/aromatic N) is 5. The minimum Gasteiger partial charge on any atom is -0.481 e. The SMILES string of the molecule is COc1ncc(-c2nc(N3CCCCC3)nc3c(CN4CCc5ccccc5C4)c(C)sc23)cc1CS(C)(=O)=O. The van der Waals surface area contributed by atoms with E-state index in [2.05, 4.69) is 46.0 Å². The van der Waals surface area contributed by atoms with Crippen LogP contribution < -0.4 is 9.64 Å². The van der Waals surface area contributed by atoms with E-state index in [1.807, 2.05) is 6.07 Å². The van der Waals surface area contributed by atoms with Crippen LogP contribution in [0.25, 0.3) is 21.5 Å². The van der Waals surface area contributed by atoms with Gasteiger partial charge in [-0.2, -0.15) is 0 Å². The molecule has 2 aliphatic heterocycles. The summed E-state index contributed by atoms with van der Waals surface area (Å²) in [6.07, 6.45) is 7.50. The van der Waals surface area contributed by atoms with Gasteiger partial charge in [0.1, 0.15) is 0 Å². The van der Waals surface area contributed by atoms with Crippen molar-refractivity contribution in [3.05, 3.63) is 63.7 Å². The Labute approximate surface area is 240 Å². The number of thiophene rings is 1. The van der Waals surface area contributed by atoms with Crippen molar-refractivity contribution in [3.8, 4) is 17.1 Å². The number of pyridine rings is 1. The average Bonchev–Trinajstić information content (AvgIpc) is 3.26. The van der Waals surface area contributed by atoms with Gasteiger partial charge in [-0.25, -0.2) is 23.4 Å². The molecule has 3 aromatic heterocycles. The lowest BCUT2D eigenvalue weighted by Gasteiger charge is -2.29. The molecule has 10 heteroatoms. The highest BCUT2D eigenvalue weighted by atomic mass is 32.2. The summed E-state index contributed by atoms with van der Waals surface area (Å²) in [5.74, 6) is 0.921. The van der Waals surface area contributed by atoms with Gasteiger partial charge in [-0.05, 0) is 49.8 Å². The Morgan fingerprint density at radius 2 is 1.82 bits per heavy atom. The van der Waals surface area contributed by atoms with E-state index in [0.29, 0.717) is 11.4 Å². The summed E-state index contributed by atoms with van der Waals surface area (Å²) in [4.78, 5) is 20.8. The molecule has 1 fully saturated rings. The molecule has 0 aliphatic carbocycles. The zero-order valence-corrected chi connectivity index (χ0v) is 24.9. The summed E-state index contributed by atoms with van der Waals surface area (Å²) in [6.45, 7) is 6.82. The minimum atomic E-state index is -3.28. The van der Waals surface area contributed by atoms with Gasteiger partial charge in [-0.1, -0.05) is 24.3 Å². The van der Waals surface area contributed by atoms with Crippen molar-refractivity contribution in [2.45, 2.75) is 51.4 Å². The second-order valence-electron chi connectivity index (χ2n) is 10.9. The number of sulfone groups is 1. The Kier molecular flexibility index (Phi) is 7.50. The van der Waals surface area contributed by atoms with Gasteiger partial charge in [0, 0.05) is 66.7 Å². The molecule has 0 atom stereocenters. The van der Waals surface area contributed by atoms with E-state index < -0.39 is 9.84 Å². The third kappa shape index (κ3) is 5.57. The normalized spacial score (nSPS) is 16.3. The number of piperidine rings is 1. The molecule has 0 radical (unpaired) electrons. The van der Waals surface area contributed by atoms with E-state index in [4.69, 9.17) is 14.7 Å². The fourth-order valence-corrected chi connectivity index (χ4v) is 7.74. The summed E-state index contributed by atoms with van der Waals surface area (Å²) < 4.78 is 30.8. The highest BCUT2D eigenvalue weighted by Crippen LogP contribution is 2.39. The highest BCUT2D eigenvalue weighted by Gasteiger charge is 2.25. The van der Waals surface area contributed by atoms with Crippen LogP contribution in [0.5, 0.6) is 5.88 Å². The smallest absolute Gasteiger partial charge is 0.226 e.